The zero-order chi connectivity index (χ0) is 30.0. The summed E-state index contributed by atoms with van der Waals surface area (Å²) in [5, 5.41) is 9.40. The Balaban J connectivity index is 1.47. The highest BCUT2D eigenvalue weighted by Crippen LogP contribution is 2.40. The number of hydrogen-bond donors (Lipinski definition) is 1. The van der Waals surface area contributed by atoms with Crippen molar-refractivity contribution in [3.05, 3.63) is 104 Å². The quantitative estimate of drug-likeness (QED) is 0.184. The number of nitrogens with zero attached hydrogens (tertiary/aromatic N) is 3. The Morgan fingerprint density at radius 3 is 2.48 bits per heavy atom. The second-order valence-electron chi connectivity index (χ2n) is 10.5. The average Bonchev–Trinajstić information content (AvgIpc) is 3.36. The highest BCUT2D eigenvalue weighted by atomic mass is 35.5. The molecule has 1 aromatic heterocycles. The molecule has 1 aliphatic rings. The zero-order valence-electron chi connectivity index (χ0n) is 24.7. The lowest BCUT2D eigenvalue weighted by molar-refractivity contribution is -0.114. The van der Waals surface area contributed by atoms with E-state index < -0.39 is 6.04 Å². The molecule has 218 valence electrons. The smallest absolute Gasteiger partial charge is 0.227 e. The molecule has 0 fully saturated rings. The number of ketones is 1. The van der Waals surface area contributed by atoms with Crippen molar-refractivity contribution < 1.29 is 14.3 Å². The van der Waals surface area contributed by atoms with Crippen molar-refractivity contribution >= 4 is 35.1 Å². The number of fused-ring (bicyclic) bond motifs is 1. The van der Waals surface area contributed by atoms with Crippen LogP contribution in [0.2, 0.25) is 5.02 Å². The van der Waals surface area contributed by atoms with Crippen molar-refractivity contribution in [2.45, 2.75) is 65.1 Å². The Kier molecular flexibility index (Phi) is 8.94. The van der Waals surface area contributed by atoms with E-state index in [2.05, 4.69) is 38.2 Å². The highest BCUT2D eigenvalue weighted by Gasteiger charge is 2.33. The molecule has 0 spiro atoms. The number of carbonyl (C=O) groups excluding carboxylic acids is 1. The number of benzene rings is 3. The Morgan fingerprint density at radius 2 is 1.74 bits per heavy atom. The lowest BCUT2D eigenvalue weighted by atomic mass is 9.93. The number of allylic oxidation sites excluding steroid dienone is 2. The van der Waals surface area contributed by atoms with Crippen LogP contribution in [0.4, 0.5) is 5.95 Å². The van der Waals surface area contributed by atoms with Gasteiger partial charge in [0.25, 0.3) is 0 Å². The van der Waals surface area contributed by atoms with Gasteiger partial charge in [-0.25, -0.2) is 4.68 Å². The van der Waals surface area contributed by atoms with Crippen LogP contribution in [0.5, 0.6) is 11.5 Å². The van der Waals surface area contributed by atoms with Crippen LogP contribution in [0.1, 0.15) is 60.2 Å². The standard InChI is InChI=1S/C33H35ClN4O3S/c1-7-40-29-16-24(12-13-28(29)41-17-26-15-20(3)19(2)14-21(26)4)31-30(23(6)39)22(5)35-32-36-33(37-38(31)32)42-18-25-10-8-9-11-27(25)34/h8-16,31H,7,17-18H2,1-6H3,(H,35,36,37). The normalized spacial score (nSPS) is 14.4. The summed E-state index contributed by atoms with van der Waals surface area (Å²) in [7, 11) is 0. The number of thioether (sulfide) groups is 1. The molecule has 0 amide bonds. The van der Waals surface area contributed by atoms with Gasteiger partial charge in [-0.3, -0.25) is 4.79 Å². The number of rotatable bonds is 10. The summed E-state index contributed by atoms with van der Waals surface area (Å²) in [6, 6.07) is 17.5. The minimum absolute atomic E-state index is 0.0417. The fraction of sp³-hybridized carbons (Fsp3) is 0.303. The molecule has 3 aromatic carbocycles. The van der Waals surface area contributed by atoms with Crippen LogP contribution in [-0.2, 0) is 17.2 Å². The lowest BCUT2D eigenvalue weighted by Crippen LogP contribution is -2.27. The third-order valence-corrected chi connectivity index (χ3v) is 8.70. The van der Waals surface area contributed by atoms with Crippen LogP contribution in [0.3, 0.4) is 0 Å². The number of nitrogens with one attached hydrogen (secondary N) is 1. The van der Waals surface area contributed by atoms with Crippen LogP contribution in [0.15, 0.2) is 71.0 Å². The molecule has 0 saturated carbocycles. The molecule has 0 saturated heterocycles. The van der Waals surface area contributed by atoms with Gasteiger partial charge in [-0.15, -0.1) is 5.10 Å². The highest BCUT2D eigenvalue weighted by molar-refractivity contribution is 7.98. The predicted octanol–water partition coefficient (Wildman–Crippen LogP) is 8.00. The number of halogens is 1. The number of carbonyl (C=O) groups is 1. The van der Waals surface area contributed by atoms with E-state index in [0.717, 1.165) is 22.4 Å². The fourth-order valence-electron chi connectivity index (χ4n) is 5.13. The molecule has 0 radical (unpaired) electrons. The first-order chi connectivity index (χ1) is 20.2. The largest absolute Gasteiger partial charge is 0.490 e. The van der Waals surface area contributed by atoms with Gasteiger partial charge in [-0.1, -0.05) is 59.8 Å². The van der Waals surface area contributed by atoms with Crippen LogP contribution in [0, 0.1) is 20.8 Å². The summed E-state index contributed by atoms with van der Waals surface area (Å²) < 4.78 is 14.1. The fourth-order valence-corrected chi connectivity index (χ4v) is 6.24. The predicted molar refractivity (Wildman–Crippen MR) is 169 cm³/mol. The van der Waals surface area contributed by atoms with Crippen LogP contribution in [-0.4, -0.2) is 27.2 Å². The van der Waals surface area contributed by atoms with E-state index in [4.69, 9.17) is 31.2 Å². The summed E-state index contributed by atoms with van der Waals surface area (Å²) in [5.74, 6) is 2.42. The summed E-state index contributed by atoms with van der Waals surface area (Å²) in [4.78, 5) is 17.7. The van der Waals surface area contributed by atoms with Gasteiger partial charge in [-0.05, 0) is 93.1 Å². The number of hydrogen-bond acceptors (Lipinski definition) is 7. The van der Waals surface area contributed by atoms with Gasteiger partial charge < -0.3 is 14.8 Å². The molecule has 1 N–H and O–H groups in total. The van der Waals surface area contributed by atoms with E-state index in [1.165, 1.54) is 28.5 Å². The number of ether oxygens (including phenoxy) is 2. The number of aryl methyl sites for hydroxylation is 3. The molecule has 9 heteroatoms. The molecule has 0 bridgehead atoms. The summed E-state index contributed by atoms with van der Waals surface area (Å²) in [6.45, 7) is 12.6. The van der Waals surface area contributed by atoms with E-state index in [1.807, 2.05) is 56.3 Å². The molecule has 1 atom stereocenters. The average molecular weight is 603 g/mol. The maximum absolute atomic E-state index is 12.9. The molecule has 5 rings (SSSR count). The van der Waals surface area contributed by atoms with Crippen molar-refractivity contribution in [1.82, 2.24) is 14.8 Å². The molecule has 0 aliphatic carbocycles. The SMILES string of the molecule is CCOc1cc(C2C(C(C)=O)=C(C)Nc3nc(SCc4ccccc4Cl)nn32)ccc1OCc1cc(C)c(C)cc1C. The summed E-state index contributed by atoms with van der Waals surface area (Å²) in [5.41, 5.74) is 8.06. The molecular formula is C33H35ClN4O3S. The Bertz CT molecular complexity index is 1680. The first-order valence-corrected chi connectivity index (χ1v) is 15.3. The minimum atomic E-state index is -0.476. The third kappa shape index (κ3) is 6.20. The Labute approximate surface area is 256 Å². The molecule has 1 aliphatic heterocycles. The molecule has 7 nitrogen and oxygen atoms in total. The first-order valence-electron chi connectivity index (χ1n) is 13.9. The van der Waals surface area contributed by atoms with Gasteiger partial charge >= 0.3 is 0 Å². The van der Waals surface area contributed by atoms with Gasteiger partial charge in [0.15, 0.2) is 17.3 Å². The molecule has 2 heterocycles. The second-order valence-corrected chi connectivity index (χ2v) is 11.8. The molecule has 1 unspecified atom stereocenters. The number of aromatic nitrogens is 3. The van der Waals surface area contributed by atoms with Gasteiger partial charge in [-0.2, -0.15) is 4.98 Å². The van der Waals surface area contributed by atoms with Crippen LogP contribution in [0.25, 0.3) is 0 Å². The maximum atomic E-state index is 12.9. The van der Waals surface area contributed by atoms with Gasteiger partial charge in [0.2, 0.25) is 11.1 Å². The molecular weight excluding hydrogens is 568 g/mol. The van der Waals surface area contributed by atoms with E-state index >= 15 is 0 Å². The van der Waals surface area contributed by atoms with Gasteiger partial charge in [0, 0.05) is 22.0 Å². The molecule has 4 aromatic rings. The maximum Gasteiger partial charge on any atom is 0.227 e. The van der Waals surface area contributed by atoms with Crippen LogP contribution >= 0.6 is 23.4 Å². The number of Topliss-reactive ketones (excluding diaryl/α,β-unsaturated/α-hetero) is 1. The van der Waals surface area contributed by atoms with E-state index in [-0.39, 0.29) is 5.78 Å². The van der Waals surface area contributed by atoms with Crippen molar-refractivity contribution in [2.24, 2.45) is 0 Å². The minimum Gasteiger partial charge on any atom is -0.490 e. The van der Waals surface area contributed by atoms with Crippen molar-refractivity contribution in [1.29, 1.82) is 0 Å². The van der Waals surface area contributed by atoms with E-state index in [0.29, 0.717) is 52.2 Å². The van der Waals surface area contributed by atoms with Crippen molar-refractivity contribution in [2.75, 3.05) is 11.9 Å². The van der Waals surface area contributed by atoms with Crippen molar-refractivity contribution in [3.63, 3.8) is 0 Å². The van der Waals surface area contributed by atoms with E-state index in [1.54, 1.807) is 11.6 Å². The Hall–Kier alpha value is -3.75. The molecule has 42 heavy (non-hydrogen) atoms. The first kappa shape index (κ1) is 29.7. The van der Waals surface area contributed by atoms with Gasteiger partial charge in [0.05, 0.1) is 6.61 Å². The Morgan fingerprint density at radius 1 is 0.976 bits per heavy atom. The second kappa shape index (κ2) is 12.6. The summed E-state index contributed by atoms with van der Waals surface area (Å²) in [6.07, 6.45) is 0. The lowest BCUT2D eigenvalue weighted by Gasteiger charge is -2.28. The van der Waals surface area contributed by atoms with Crippen molar-refractivity contribution in [3.8, 4) is 11.5 Å². The zero-order valence-corrected chi connectivity index (χ0v) is 26.3. The number of anilines is 1. The van der Waals surface area contributed by atoms with Crippen LogP contribution < -0.4 is 14.8 Å². The topological polar surface area (TPSA) is 78.3 Å². The monoisotopic (exact) mass is 602 g/mol. The summed E-state index contributed by atoms with van der Waals surface area (Å²) >= 11 is 7.86. The third-order valence-electron chi connectivity index (χ3n) is 7.45. The van der Waals surface area contributed by atoms with Gasteiger partial charge in [0.1, 0.15) is 12.6 Å². The van der Waals surface area contributed by atoms with E-state index in [9.17, 15) is 4.79 Å².